The minimum atomic E-state index is -1.32. The predicted octanol–water partition coefficient (Wildman–Crippen LogP) is 2.29. The molecule has 3 N–H and O–H groups in total. The van der Waals surface area contributed by atoms with Crippen molar-refractivity contribution in [1.29, 1.82) is 0 Å². The predicted molar refractivity (Wildman–Crippen MR) is 109 cm³/mol. The summed E-state index contributed by atoms with van der Waals surface area (Å²) in [7, 11) is 4.11. The van der Waals surface area contributed by atoms with Crippen LogP contribution in [0.2, 0.25) is 0 Å². The maximum Gasteiger partial charge on any atom is 0.341 e. The first-order valence-corrected chi connectivity index (χ1v) is 10.0. The molecule has 0 unspecified atom stereocenters. The summed E-state index contributed by atoms with van der Waals surface area (Å²) in [6.45, 7) is 1.47. The van der Waals surface area contributed by atoms with Gasteiger partial charge in [0.05, 0.1) is 22.3 Å². The van der Waals surface area contributed by atoms with E-state index < -0.39 is 17.2 Å². The van der Waals surface area contributed by atoms with E-state index in [-0.39, 0.29) is 28.1 Å². The fourth-order valence-corrected chi connectivity index (χ4v) is 5.03. The van der Waals surface area contributed by atoms with Crippen molar-refractivity contribution < 1.29 is 14.3 Å². The quantitative estimate of drug-likeness (QED) is 0.765. The van der Waals surface area contributed by atoms with E-state index in [9.17, 15) is 14.7 Å². The standard InChI is InChI=1S/C21H25FN4O3/c1-24(2)15-9-25(10-21(15)5-6-21)14-7-13-16(18(23)17(14)22)19(27)12(20(28)29)8-26(13)11-3-4-11/h7-8,11,15H,3-6,9-10,23H2,1-2H3,(H,28,29)/t15-/m1/s1. The SMILES string of the molecule is CN(C)[C@@H]1CN(c2cc3c(c(N)c2F)c(=O)c(C(=O)O)cn3C2CC2)CC12CC2. The molecule has 0 amide bonds. The number of pyridine rings is 1. The molecule has 0 bridgehead atoms. The van der Waals surface area contributed by atoms with Gasteiger partial charge in [-0.3, -0.25) is 4.79 Å². The van der Waals surface area contributed by atoms with Crippen LogP contribution in [-0.2, 0) is 0 Å². The Morgan fingerprint density at radius 1 is 1.34 bits per heavy atom. The zero-order valence-corrected chi connectivity index (χ0v) is 16.6. The van der Waals surface area contributed by atoms with Gasteiger partial charge in [-0.1, -0.05) is 0 Å². The van der Waals surface area contributed by atoms with Crippen LogP contribution in [0.4, 0.5) is 15.8 Å². The largest absolute Gasteiger partial charge is 0.477 e. The number of hydrogen-bond acceptors (Lipinski definition) is 5. The number of carboxylic acid groups (broad SMARTS) is 1. The number of nitrogen functional groups attached to an aromatic ring is 1. The van der Waals surface area contributed by atoms with Crippen LogP contribution in [0.15, 0.2) is 17.1 Å². The van der Waals surface area contributed by atoms with E-state index in [4.69, 9.17) is 5.73 Å². The van der Waals surface area contributed by atoms with Crippen LogP contribution in [0.3, 0.4) is 0 Å². The lowest BCUT2D eigenvalue weighted by atomic mass is 10.0. The number of aromatic nitrogens is 1. The van der Waals surface area contributed by atoms with Gasteiger partial charge in [0.1, 0.15) is 5.56 Å². The summed E-state index contributed by atoms with van der Waals surface area (Å²) in [4.78, 5) is 28.6. The highest BCUT2D eigenvalue weighted by Crippen LogP contribution is 2.55. The van der Waals surface area contributed by atoms with Crippen LogP contribution >= 0.6 is 0 Å². The van der Waals surface area contributed by atoms with E-state index in [1.807, 2.05) is 4.90 Å². The van der Waals surface area contributed by atoms with Crippen LogP contribution < -0.4 is 16.1 Å². The number of carboxylic acids is 1. The van der Waals surface area contributed by atoms with Gasteiger partial charge in [0.15, 0.2) is 5.82 Å². The zero-order chi connectivity index (χ0) is 20.7. The van der Waals surface area contributed by atoms with E-state index in [0.29, 0.717) is 23.8 Å². The van der Waals surface area contributed by atoms with Gasteiger partial charge in [0.2, 0.25) is 5.43 Å². The van der Waals surface area contributed by atoms with E-state index in [1.54, 1.807) is 10.6 Å². The molecule has 154 valence electrons. The summed E-state index contributed by atoms with van der Waals surface area (Å²) in [5.41, 5.74) is 5.89. The smallest absolute Gasteiger partial charge is 0.341 e. The maximum absolute atomic E-state index is 15.4. The van der Waals surface area contributed by atoms with Crippen LogP contribution in [-0.4, -0.2) is 53.8 Å². The minimum absolute atomic E-state index is 0.0254. The number of likely N-dealkylation sites (N-methyl/N-ethyl adjacent to an activating group) is 1. The second-order valence-electron chi connectivity index (χ2n) is 9.06. The van der Waals surface area contributed by atoms with Crippen LogP contribution in [0.5, 0.6) is 0 Å². The fourth-order valence-electron chi connectivity index (χ4n) is 5.03. The van der Waals surface area contributed by atoms with Gasteiger partial charge in [-0.2, -0.15) is 0 Å². The van der Waals surface area contributed by atoms with Crippen LogP contribution in [0.1, 0.15) is 42.1 Å². The molecule has 3 fully saturated rings. The molecule has 5 rings (SSSR count). The Bertz CT molecular complexity index is 1100. The van der Waals surface area contributed by atoms with Gasteiger partial charge in [0, 0.05) is 36.8 Å². The molecule has 0 radical (unpaired) electrons. The highest BCUT2D eigenvalue weighted by molar-refractivity contribution is 5.99. The van der Waals surface area contributed by atoms with Crippen molar-refractivity contribution in [1.82, 2.24) is 9.47 Å². The molecule has 1 aromatic carbocycles. The highest BCUT2D eigenvalue weighted by Gasteiger charge is 2.56. The van der Waals surface area contributed by atoms with Crippen LogP contribution in [0, 0.1) is 11.2 Å². The second kappa shape index (κ2) is 5.95. The van der Waals surface area contributed by atoms with Gasteiger partial charge in [-0.05, 0) is 45.8 Å². The van der Waals surface area contributed by atoms with E-state index in [1.165, 1.54) is 6.20 Å². The van der Waals surface area contributed by atoms with Crippen molar-refractivity contribution in [2.45, 2.75) is 37.8 Å². The number of aromatic carboxylic acids is 1. The monoisotopic (exact) mass is 400 g/mol. The maximum atomic E-state index is 15.4. The highest BCUT2D eigenvalue weighted by atomic mass is 19.1. The third-order valence-corrected chi connectivity index (χ3v) is 6.91. The summed E-state index contributed by atoms with van der Waals surface area (Å²) >= 11 is 0. The Morgan fingerprint density at radius 3 is 2.55 bits per heavy atom. The van der Waals surface area contributed by atoms with Gasteiger partial charge in [-0.25, -0.2) is 9.18 Å². The Kier molecular flexibility index (Phi) is 3.78. The number of nitrogens with zero attached hydrogens (tertiary/aromatic N) is 3. The van der Waals surface area contributed by atoms with Crippen molar-refractivity contribution in [2.75, 3.05) is 37.8 Å². The van der Waals surface area contributed by atoms with Gasteiger partial charge in [-0.15, -0.1) is 0 Å². The molecule has 2 heterocycles. The number of hydrogen-bond donors (Lipinski definition) is 2. The molecular formula is C21H25FN4O3. The van der Waals surface area contributed by atoms with Crippen LogP contribution in [0.25, 0.3) is 10.9 Å². The summed E-state index contributed by atoms with van der Waals surface area (Å²) in [6.07, 6.45) is 5.46. The molecule has 2 aliphatic carbocycles. The molecule has 7 nitrogen and oxygen atoms in total. The molecule has 2 saturated carbocycles. The molecular weight excluding hydrogens is 375 g/mol. The summed E-state index contributed by atoms with van der Waals surface area (Å²) in [6, 6.07) is 2.16. The lowest BCUT2D eigenvalue weighted by Crippen LogP contribution is -2.36. The van der Waals surface area contributed by atoms with Crippen molar-refractivity contribution in [3.63, 3.8) is 0 Å². The number of nitrogens with two attached hydrogens (primary N) is 1. The second-order valence-corrected chi connectivity index (χ2v) is 9.06. The third-order valence-electron chi connectivity index (χ3n) is 6.91. The normalized spacial score (nSPS) is 22.8. The molecule has 2 aromatic rings. The van der Waals surface area contributed by atoms with Gasteiger partial charge < -0.3 is 25.2 Å². The first-order chi connectivity index (χ1) is 13.7. The Labute approximate surface area is 167 Å². The number of anilines is 2. The average molecular weight is 400 g/mol. The van der Waals surface area contributed by atoms with Crippen molar-refractivity contribution >= 4 is 28.2 Å². The molecule has 1 aromatic heterocycles. The summed E-state index contributed by atoms with van der Waals surface area (Å²) in [5, 5.41) is 9.40. The zero-order valence-electron chi connectivity index (χ0n) is 16.6. The lowest BCUT2D eigenvalue weighted by Gasteiger charge is -2.25. The number of benzene rings is 1. The Balaban J connectivity index is 1.70. The molecule has 3 aliphatic rings. The first-order valence-electron chi connectivity index (χ1n) is 10.0. The van der Waals surface area contributed by atoms with Gasteiger partial charge in [0.25, 0.3) is 0 Å². The summed E-state index contributed by atoms with van der Waals surface area (Å²) in [5.74, 6) is -1.95. The van der Waals surface area contributed by atoms with E-state index >= 15 is 4.39 Å². The summed E-state index contributed by atoms with van der Waals surface area (Å²) < 4.78 is 17.2. The van der Waals surface area contributed by atoms with Crippen molar-refractivity contribution in [2.24, 2.45) is 5.41 Å². The Hall–Kier alpha value is -2.61. The molecule has 1 spiro atoms. The average Bonchev–Trinajstić information content (AvgIpc) is 3.56. The minimum Gasteiger partial charge on any atom is -0.477 e. The Morgan fingerprint density at radius 2 is 2.03 bits per heavy atom. The van der Waals surface area contributed by atoms with Crippen molar-refractivity contribution in [3.8, 4) is 0 Å². The molecule has 1 saturated heterocycles. The molecule has 29 heavy (non-hydrogen) atoms. The van der Waals surface area contributed by atoms with Crippen molar-refractivity contribution in [3.05, 3.63) is 33.9 Å². The fraction of sp³-hybridized carbons (Fsp3) is 0.524. The lowest BCUT2D eigenvalue weighted by molar-refractivity contribution is 0.0695. The van der Waals surface area contributed by atoms with E-state index in [0.717, 1.165) is 32.2 Å². The molecule has 1 atom stereocenters. The number of halogens is 1. The molecule has 1 aliphatic heterocycles. The number of carbonyl (C=O) groups is 1. The van der Waals surface area contributed by atoms with E-state index in [2.05, 4.69) is 19.0 Å². The number of fused-ring (bicyclic) bond motifs is 1. The third kappa shape index (κ3) is 2.65. The topological polar surface area (TPSA) is 91.8 Å². The molecule has 8 heteroatoms. The van der Waals surface area contributed by atoms with Gasteiger partial charge >= 0.3 is 5.97 Å². The first kappa shape index (κ1) is 18.4. The number of rotatable bonds is 4.